The number of tetrazole rings is 1. The number of hydrogen-bond donors (Lipinski definition) is 1. The topological polar surface area (TPSA) is 69.6 Å². The van der Waals surface area contributed by atoms with Gasteiger partial charge in [0, 0.05) is 11.6 Å². The highest BCUT2D eigenvalue weighted by molar-refractivity contribution is 5.78. The zero-order valence-electron chi connectivity index (χ0n) is 14.2. The number of hydrogen-bond acceptors (Lipinski definition) is 4. The van der Waals surface area contributed by atoms with E-state index in [2.05, 4.69) is 59.6 Å². The van der Waals surface area contributed by atoms with E-state index in [-0.39, 0.29) is 6.04 Å². The molecule has 0 spiro atoms. The number of aromatic nitrogens is 4. The number of rotatable bonds is 2. The van der Waals surface area contributed by atoms with Gasteiger partial charge < -0.3 is 5.73 Å². The predicted molar refractivity (Wildman–Crippen MR) is 94.4 cm³/mol. The average Bonchev–Trinajstić information content (AvgIpc) is 3.14. The highest BCUT2D eigenvalue weighted by Gasteiger charge is 2.23. The van der Waals surface area contributed by atoms with Crippen LogP contribution in [0.4, 0.5) is 0 Å². The lowest BCUT2D eigenvalue weighted by atomic mass is 9.89. The van der Waals surface area contributed by atoms with E-state index in [9.17, 15) is 0 Å². The fourth-order valence-electron chi connectivity index (χ4n) is 3.84. The number of aryl methyl sites for hydroxylation is 3. The van der Waals surface area contributed by atoms with Crippen molar-refractivity contribution in [3.8, 4) is 22.5 Å². The summed E-state index contributed by atoms with van der Waals surface area (Å²) in [5.41, 5.74) is 15.0. The molecule has 0 saturated heterocycles. The Hall–Kier alpha value is -2.53. The van der Waals surface area contributed by atoms with Gasteiger partial charge in [0.15, 0.2) is 0 Å². The Balaban J connectivity index is 1.86. The van der Waals surface area contributed by atoms with E-state index in [1.54, 1.807) is 7.05 Å². The minimum Gasteiger partial charge on any atom is -0.324 e. The molecule has 0 amide bonds. The summed E-state index contributed by atoms with van der Waals surface area (Å²) in [7, 11) is 1.78. The first kappa shape index (κ1) is 15.0. The molecular formula is C19H21N5. The normalized spacial score (nSPS) is 16.4. The Bertz CT molecular complexity index is 902. The molecule has 2 N–H and O–H groups in total. The van der Waals surface area contributed by atoms with Crippen molar-refractivity contribution < 1.29 is 0 Å². The summed E-state index contributed by atoms with van der Waals surface area (Å²) >= 11 is 0. The van der Waals surface area contributed by atoms with Crippen LogP contribution in [0.1, 0.15) is 34.7 Å². The maximum atomic E-state index is 6.25. The first-order valence-corrected chi connectivity index (χ1v) is 8.28. The smallest absolute Gasteiger partial charge is 0.204 e. The van der Waals surface area contributed by atoms with Crippen LogP contribution in [0.25, 0.3) is 22.5 Å². The Morgan fingerprint density at radius 1 is 1.17 bits per heavy atom. The van der Waals surface area contributed by atoms with Crippen LogP contribution in [-0.2, 0) is 13.5 Å². The summed E-state index contributed by atoms with van der Waals surface area (Å²) in [5.74, 6) is 0.663. The summed E-state index contributed by atoms with van der Waals surface area (Å²) < 4.78 is 0. The lowest BCUT2D eigenvalue weighted by molar-refractivity contribution is 0.630. The summed E-state index contributed by atoms with van der Waals surface area (Å²) in [4.78, 5) is 1.49. The van der Waals surface area contributed by atoms with Gasteiger partial charge >= 0.3 is 0 Å². The predicted octanol–water partition coefficient (Wildman–Crippen LogP) is 3.11. The largest absolute Gasteiger partial charge is 0.324 e. The monoisotopic (exact) mass is 319 g/mol. The van der Waals surface area contributed by atoms with Crippen molar-refractivity contribution in [3.63, 3.8) is 0 Å². The van der Waals surface area contributed by atoms with E-state index >= 15 is 0 Å². The van der Waals surface area contributed by atoms with Crippen molar-refractivity contribution in [3.05, 3.63) is 52.6 Å². The van der Waals surface area contributed by atoms with Gasteiger partial charge in [0.25, 0.3) is 0 Å². The minimum absolute atomic E-state index is 0.170. The second-order valence-corrected chi connectivity index (χ2v) is 6.61. The summed E-state index contributed by atoms with van der Waals surface area (Å²) in [6, 6.07) is 11.0. The van der Waals surface area contributed by atoms with Crippen molar-refractivity contribution in [2.45, 2.75) is 32.7 Å². The molecule has 1 aliphatic carbocycles. The van der Waals surface area contributed by atoms with E-state index in [0.717, 1.165) is 18.4 Å². The molecule has 0 radical (unpaired) electrons. The second kappa shape index (κ2) is 5.53. The van der Waals surface area contributed by atoms with Gasteiger partial charge in [-0.3, -0.25) is 0 Å². The van der Waals surface area contributed by atoms with E-state index < -0.39 is 0 Å². The molecule has 2 aromatic carbocycles. The Kier molecular flexibility index (Phi) is 3.46. The highest BCUT2D eigenvalue weighted by atomic mass is 15.6. The SMILES string of the molecule is Cc1cc(-c2nnn(C)n2)cc(C)c1-c1cccc2c1CC[C@H]2N. The third kappa shape index (κ3) is 2.32. The maximum absolute atomic E-state index is 6.25. The van der Waals surface area contributed by atoms with Gasteiger partial charge in [0.05, 0.1) is 7.05 Å². The zero-order chi connectivity index (χ0) is 16.8. The van der Waals surface area contributed by atoms with Crippen LogP contribution in [0.5, 0.6) is 0 Å². The highest BCUT2D eigenvalue weighted by Crippen LogP contribution is 2.39. The van der Waals surface area contributed by atoms with Crippen LogP contribution in [0, 0.1) is 13.8 Å². The number of nitrogens with two attached hydrogens (primary N) is 1. The Morgan fingerprint density at radius 2 is 1.92 bits per heavy atom. The number of benzene rings is 2. The van der Waals surface area contributed by atoms with E-state index in [0.29, 0.717) is 5.82 Å². The first-order valence-electron chi connectivity index (χ1n) is 8.28. The molecule has 1 aliphatic rings. The van der Waals surface area contributed by atoms with Crippen molar-refractivity contribution in [1.29, 1.82) is 0 Å². The Labute approximate surface area is 141 Å². The lowest BCUT2D eigenvalue weighted by Crippen LogP contribution is -2.05. The molecule has 5 nitrogen and oxygen atoms in total. The van der Waals surface area contributed by atoms with Gasteiger partial charge in [-0.15, -0.1) is 10.2 Å². The summed E-state index contributed by atoms with van der Waals surface area (Å²) in [5, 5.41) is 12.4. The summed E-state index contributed by atoms with van der Waals surface area (Å²) in [6.07, 6.45) is 2.09. The standard InChI is InChI=1S/C19H21N5/c1-11-9-13(19-21-23-24(3)22-19)10-12(2)18(11)16-6-4-5-15-14(16)7-8-17(15)20/h4-6,9-10,17H,7-8,20H2,1-3H3/t17-/m1/s1. The molecule has 122 valence electrons. The molecule has 24 heavy (non-hydrogen) atoms. The molecule has 1 aromatic heterocycles. The summed E-state index contributed by atoms with van der Waals surface area (Å²) in [6.45, 7) is 4.30. The van der Waals surface area contributed by atoms with Gasteiger partial charge in [0.1, 0.15) is 0 Å². The van der Waals surface area contributed by atoms with Crippen molar-refractivity contribution in [2.75, 3.05) is 0 Å². The molecule has 4 rings (SSSR count). The third-order valence-corrected chi connectivity index (χ3v) is 4.89. The molecule has 1 atom stereocenters. The molecule has 5 heteroatoms. The quantitative estimate of drug-likeness (QED) is 0.788. The van der Waals surface area contributed by atoms with Crippen LogP contribution in [0.2, 0.25) is 0 Å². The Morgan fingerprint density at radius 3 is 2.58 bits per heavy atom. The van der Waals surface area contributed by atoms with Crippen LogP contribution < -0.4 is 5.73 Å². The molecule has 3 aromatic rings. The van der Waals surface area contributed by atoms with E-state index in [4.69, 9.17) is 5.73 Å². The van der Waals surface area contributed by atoms with Crippen LogP contribution in [-0.4, -0.2) is 20.2 Å². The van der Waals surface area contributed by atoms with Gasteiger partial charge in [-0.1, -0.05) is 18.2 Å². The lowest BCUT2D eigenvalue weighted by Gasteiger charge is -2.16. The van der Waals surface area contributed by atoms with E-state index in [1.807, 2.05) is 0 Å². The van der Waals surface area contributed by atoms with Crippen molar-refractivity contribution in [2.24, 2.45) is 12.8 Å². The molecule has 0 fully saturated rings. The second-order valence-electron chi connectivity index (χ2n) is 6.61. The molecule has 0 saturated carbocycles. The van der Waals surface area contributed by atoms with Gasteiger partial charge in [-0.25, -0.2) is 0 Å². The fraction of sp³-hybridized carbons (Fsp3) is 0.316. The molecule has 1 heterocycles. The van der Waals surface area contributed by atoms with Gasteiger partial charge in [-0.05, 0) is 77.4 Å². The number of fused-ring (bicyclic) bond motifs is 1. The van der Waals surface area contributed by atoms with Crippen LogP contribution in [0.15, 0.2) is 30.3 Å². The van der Waals surface area contributed by atoms with Crippen LogP contribution in [0.3, 0.4) is 0 Å². The molecular weight excluding hydrogens is 298 g/mol. The molecule has 0 bridgehead atoms. The van der Waals surface area contributed by atoms with Crippen molar-refractivity contribution in [1.82, 2.24) is 20.2 Å². The molecule has 0 aliphatic heterocycles. The maximum Gasteiger partial charge on any atom is 0.204 e. The number of nitrogens with zero attached hydrogens (tertiary/aromatic N) is 4. The molecule has 0 unspecified atom stereocenters. The average molecular weight is 319 g/mol. The third-order valence-electron chi connectivity index (χ3n) is 4.89. The van der Waals surface area contributed by atoms with Crippen LogP contribution >= 0.6 is 0 Å². The zero-order valence-corrected chi connectivity index (χ0v) is 14.2. The fourth-order valence-corrected chi connectivity index (χ4v) is 3.84. The van der Waals surface area contributed by atoms with Gasteiger partial charge in [-0.2, -0.15) is 4.80 Å². The minimum atomic E-state index is 0.170. The van der Waals surface area contributed by atoms with E-state index in [1.165, 1.54) is 38.2 Å². The van der Waals surface area contributed by atoms with Gasteiger partial charge in [0.2, 0.25) is 5.82 Å². The first-order chi connectivity index (χ1) is 11.5. The van der Waals surface area contributed by atoms with Crippen molar-refractivity contribution >= 4 is 0 Å².